The highest BCUT2D eigenvalue weighted by molar-refractivity contribution is 7.99. The Bertz CT molecular complexity index is 1240. The fourth-order valence-corrected chi connectivity index (χ4v) is 6.68. The number of carbonyl (C=O) groups excluding carboxylic acids is 1. The standard InChI is InChI=1S/C20H25N5O4S2/c1-12-7-16(14(3)25(12)19-8-13(2)29-23-19)17(26)10-30-20-22-21-18(24(20)4)9-15-5-6-31(27,28)11-15/h7-8,15H,5-6,9-11H2,1-4H3/t15-/m1/s1. The third-order valence-corrected chi connectivity index (χ3v) is 8.49. The zero-order valence-electron chi connectivity index (χ0n) is 18.0. The molecule has 0 aromatic carbocycles. The first-order valence-corrected chi connectivity index (χ1v) is 12.8. The zero-order chi connectivity index (χ0) is 22.3. The molecule has 0 saturated carbocycles. The second-order valence-corrected chi connectivity index (χ2v) is 11.2. The van der Waals surface area contributed by atoms with Crippen LogP contribution in [-0.2, 0) is 23.3 Å². The third-order valence-electron chi connectivity index (χ3n) is 5.63. The first kappa shape index (κ1) is 21.8. The molecular weight excluding hydrogens is 438 g/mol. The van der Waals surface area contributed by atoms with Crippen LogP contribution in [-0.4, -0.2) is 55.9 Å². The molecule has 1 saturated heterocycles. The zero-order valence-corrected chi connectivity index (χ0v) is 19.6. The Morgan fingerprint density at radius 2 is 2.03 bits per heavy atom. The number of hydrogen-bond acceptors (Lipinski definition) is 8. The number of thioether (sulfide) groups is 1. The maximum absolute atomic E-state index is 12.9. The van der Waals surface area contributed by atoms with E-state index in [1.807, 2.05) is 49.1 Å². The Morgan fingerprint density at radius 3 is 2.68 bits per heavy atom. The summed E-state index contributed by atoms with van der Waals surface area (Å²) in [7, 11) is -1.07. The number of hydrogen-bond donors (Lipinski definition) is 0. The van der Waals surface area contributed by atoms with Gasteiger partial charge in [-0.2, -0.15) is 0 Å². The van der Waals surface area contributed by atoms with E-state index in [-0.39, 0.29) is 29.0 Å². The molecule has 3 aromatic rings. The number of rotatable bonds is 7. The van der Waals surface area contributed by atoms with Crippen molar-refractivity contribution in [2.45, 2.75) is 38.8 Å². The third kappa shape index (κ3) is 4.47. The summed E-state index contributed by atoms with van der Waals surface area (Å²) in [5.41, 5.74) is 2.37. The van der Waals surface area contributed by atoms with Gasteiger partial charge < -0.3 is 9.09 Å². The first-order valence-electron chi connectivity index (χ1n) is 10.0. The SMILES string of the molecule is Cc1cc(-n2c(C)cc(C(=O)CSc3nnc(C[C@H]4CCS(=O)(=O)C4)n3C)c2C)no1. The van der Waals surface area contributed by atoms with Crippen LogP contribution < -0.4 is 0 Å². The van der Waals surface area contributed by atoms with Crippen molar-refractivity contribution >= 4 is 27.4 Å². The van der Waals surface area contributed by atoms with Gasteiger partial charge in [-0.25, -0.2) is 8.42 Å². The number of Topliss-reactive ketones (excluding diaryl/α,β-unsaturated/α-hetero) is 1. The molecule has 31 heavy (non-hydrogen) atoms. The molecule has 4 rings (SSSR count). The molecule has 0 aliphatic carbocycles. The van der Waals surface area contributed by atoms with Crippen molar-refractivity contribution in [3.8, 4) is 5.82 Å². The topological polar surface area (TPSA) is 113 Å². The summed E-state index contributed by atoms with van der Waals surface area (Å²) in [6.45, 7) is 5.65. The van der Waals surface area contributed by atoms with Gasteiger partial charge >= 0.3 is 0 Å². The lowest BCUT2D eigenvalue weighted by molar-refractivity contribution is 0.102. The molecule has 166 valence electrons. The molecule has 0 bridgehead atoms. The molecule has 11 heteroatoms. The van der Waals surface area contributed by atoms with Gasteiger partial charge in [0.25, 0.3) is 0 Å². The molecule has 1 fully saturated rings. The van der Waals surface area contributed by atoms with E-state index in [4.69, 9.17) is 4.52 Å². The summed E-state index contributed by atoms with van der Waals surface area (Å²) in [6.07, 6.45) is 1.24. The molecule has 9 nitrogen and oxygen atoms in total. The number of aromatic nitrogens is 5. The number of nitrogens with zero attached hydrogens (tertiary/aromatic N) is 5. The molecule has 4 heterocycles. The minimum atomic E-state index is -2.92. The molecular formula is C20H25N5O4S2. The van der Waals surface area contributed by atoms with Gasteiger partial charge in [0.15, 0.2) is 26.6 Å². The summed E-state index contributed by atoms with van der Waals surface area (Å²) in [5, 5.41) is 13.1. The normalized spacial score (nSPS) is 18.0. The molecule has 0 spiro atoms. The summed E-state index contributed by atoms with van der Waals surface area (Å²) < 4.78 is 32.3. The van der Waals surface area contributed by atoms with E-state index < -0.39 is 9.84 Å². The van der Waals surface area contributed by atoms with Gasteiger partial charge in [-0.15, -0.1) is 10.2 Å². The van der Waals surface area contributed by atoms with Crippen molar-refractivity contribution in [1.29, 1.82) is 0 Å². The second kappa shape index (κ2) is 8.27. The van der Waals surface area contributed by atoms with Crippen LogP contribution in [0.1, 0.15) is 39.8 Å². The summed E-state index contributed by atoms with van der Waals surface area (Å²) >= 11 is 1.33. The largest absolute Gasteiger partial charge is 0.360 e. The molecule has 0 N–H and O–H groups in total. The molecule has 0 unspecified atom stereocenters. The predicted molar refractivity (Wildman–Crippen MR) is 117 cm³/mol. The molecule has 1 atom stereocenters. The van der Waals surface area contributed by atoms with Gasteiger partial charge in [-0.05, 0) is 39.2 Å². The monoisotopic (exact) mass is 463 g/mol. The van der Waals surface area contributed by atoms with Crippen molar-refractivity contribution in [3.63, 3.8) is 0 Å². The number of ketones is 1. The first-order chi connectivity index (χ1) is 14.6. The average Bonchev–Trinajstić information content (AvgIpc) is 3.43. The van der Waals surface area contributed by atoms with Crippen molar-refractivity contribution in [2.24, 2.45) is 13.0 Å². The highest BCUT2D eigenvalue weighted by atomic mass is 32.2. The Morgan fingerprint density at radius 1 is 1.26 bits per heavy atom. The van der Waals surface area contributed by atoms with Gasteiger partial charge in [0, 0.05) is 36.5 Å². The van der Waals surface area contributed by atoms with Crippen LogP contribution in [0.2, 0.25) is 0 Å². The highest BCUT2D eigenvalue weighted by Crippen LogP contribution is 2.26. The fourth-order valence-electron chi connectivity index (χ4n) is 4.00. The van der Waals surface area contributed by atoms with Crippen molar-refractivity contribution < 1.29 is 17.7 Å². The summed E-state index contributed by atoms with van der Waals surface area (Å²) in [5.74, 6) is 2.88. The van der Waals surface area contributed by atoms with E-state index in [9.17, 15) is 13.2 Å². The number of sulfone groups is 1. The van der Waals surface area contributed by atoms with Crippen LogP contribution in [0.5, 0.6) is 0 Å². The smallest absolute Gasteiger partial charge is 0.191 e. The van der Waals surface area contributed by atoms with Crippen LogP contribution >= 0.6 is 11.8 Å². The maximum atomic E-state index is 12.9. The Balaban J connectivity index is 1.43. The molecule has 1 aliphatic heterocycles. The second-order valence-electron chi connectivity index (χ2n) is 8.06. The predicted octanol–water partition coefficient (Wildman–Crippen LogP) is 2.47. The van der Waals surface area contributed by atoms with Gasteiger partial charge in [0.2, 0.25) is 0 Å². The van der Waals surface area contributed by atoms with Gasteiger partial charge in [0.05, 0.1) is 17.3 Å². The van der Waals surface area contributed by atoms with E-state index in [0.29, 0.717) is 35.1 Å². The van der Waals surface area contributed by atoms with Crippen LogP contribution in [0.15, 0.2) is 21.8 Å². The quantitative estimate of drug-likeness (QED) is 0.388. The van der Waals surface area contributed by atoms with Crippen LogP contribution in [0.25, 0.3) is 5.82 Å². The Labute approximate surface area is 185 Å². The van der Waals surface area contributed by atoms with Crippen LogP contribution in [0.4, 0.5) is 0 Å². The van der Waals surface area contributed by atoms with Crippen molar-refractivity contribution in [2.75, 3.05) is 17.3 Å². The van der Waals surface area contributed by atoms with Gasteiger partial charge in [-0.3, -0.25) is 9.36 Å². The lowest BCUT2D eigenvalue weighted by atomic mass is 10.1. The summed E-state index contributed by atoms with van der Waals surface area (Å²) in [6, 6.07) is 3.70. The lowest BCUT2D eigenvalue weighted by Gasteiger charge is -2.07. The molecule has 0 amide bonds. The van der Waals surface area contributed by atoms with Crippen LogP contribution in [0.3, 0.4) is 0 Å². The van der Waals surface area contributed by atoms with E-state index >= 15 is 0 Å². The van der Waals surface area contributed by atoms with Gasteiger partial charge in [-0.1, -0.05) is 16.9 Å². The fraction of sp³-hybridized carbons (Fsp3) is 0.500. The average molecular weight is 464 g/mol. The van der Waals surface area contributed by atoms with E-state index in [0.717, 1.165) is 17.2 Å². The van der Waals surface area contributed by atoms with Crippen molar-refractivity contribution in [3.05, 3.63) is 40.7 Å². The van der Waals surface area contributed by atoms with Crippen LogP contribution in [0, 0.1) is 26.7 Å². The number of carbonyl (C=O) groups is 1. The van der Waals surface area contributed by atoms with Gasteiger partial charge in [0.1, 0.15) is 11.6 Å². The lowest BCUT2D eigenvalue weighted by Crippen LogP contribution is -2.11. The minimum absolute atomic E-state index is 0.00370. The van der Waals surface area contributed by atoms with E-state index in [1.54, 1.807) is 0 Å². The number of aryl methyl sites for hydroxylation is 2. The minimum Gasteiger partial charge on any atom is -0.360 e. The molecule has 1 aliphatic rings. The van der Waals surface area contributed by atoms with E-state index in [1.165, 1.54) is 11.8 Å². The maximum Gasteiger partial charge on any atom is 0.191 e. The van der Waals surface area contributed by atoms with Crippen molar-refractivity contribution in [1.82, 2.24) is 24.5 Å². The highest BCUT2D eigenvalue weighted by Gasteiger charge is 2.29. The molecule has 0 radical (unpaired) electrons. The molecule has 3 aromatic heterocycles. The summed E-state index contributed by atoms with van der Waals surface area (Å²) in [4.78, 5) is 12.9. The Kier molecular flexibility index (Phi) is 5.82. The van der Waals surface area contributed by atoms with E-state index in [2.05, 4.69) is 15.4 Å². The Hall–Kier alpha value is -2.40.